The highest BCUT2D eigenvalue weighted by Gasteiger charge is 2.28. The minimum atomic E-state index is -0.507. The van der Waals surface area contributed by atoms with E-state index in [0.717, 1.165) is 12.8 Å². The molecule has 1 saturated heterocycles. The highest BCUT2D eigenvalue weighted by molar-refractivity contribution is 6.30. The minimum Gasteiger partial charge on any atom is -0.490 e. The second-order valence-electron chi connectivity index (χ2n) is 6.82. The predicted molar refractivity (Wildman–Crippen MR) is 87.4 cm³/mol. The average molecular weight is 344 g/mol. The van der Waals surface area contributed by atoms with Gasteiger partial charge in [0, 0.05) is 24.0 Å². The number of nitrogens with zero attached hydrogens (tertiary/aromatic N) is 1. The number of hydrogen-bond donors (Lipinski definition) is 0. The van der Waals surface area contributed by atoms with Crippen LogP contribution in [0, 0.1) is 11.7 Å². The van der Waals surface area contributed by atoms with Gasteiger partial charge in [-0.15, -0.1) is 0 Å². The summed E-state index contributed by atoms with van der Waals surface area (Å²) in [5.41, 5.74) is -0.507. The van der Waals surface area contributed by atoms with E-state index in [4.69, 9.17) is 21.1 Å². The quantitative estimate of drug-likeness (QED) is 0.810. The van der Waals surface area contributed by atoms with E-state index < -0.39 is 11.4 Å². The number of amides is 1. The first-order valence-electron chi connectivity index (χ1n) is 7.80. The lowest BCUT2D eigenvalue weighted by Crippen LogP contribution is -2.44. The topological polar surface area (TPSA) is 38.8 Å². The lowest BCUT2D eigenvalue weighted by Gasteiger charge is -2.34. The molecule has 0 saturated carbocycles. The number of carbonyl (C=O) groups is 1. The van der Waals surface area contributed by atoms with Gasteiger partial charge in [0.1, 0.15) is 5.60 Å². The van der Waals surface area contributed by atoms with Gasteiger partial charge in [-0.3, -0.25) is 0 Å². The molecule has 1 aliphatic heterocycles. The number of piperidine rings is 1. The van der Waals surface area contributed by atoms with E-state index in [1.807, 2.05) is 20.8 Å². The molecule has 23 heavy (non-hydrogen) atoms. The normalized spacial score (nSPS) is 18.7. The first-order chi connectivity index (χ1) is 10.7. The molecule has 1 aliphatic rings. The van der Waals surface area contributed by atoms with Crippen molar-refractivity contribution in [3.8, 4) is 5.75 Å². The minimum absolute atomic E-state index is 0.159. The lowest BCUT2D eigenvalue weighted by atomic mass is 9.99. The maximum atomic E-state index is 13.7. The zero-order valence-electron chi connectivity index (χ0n) is 13.8. The van der Waals surface area contributed by atoms with Crippen LogP contribution in [-0.2, 0) is 4.74 Å². The molecule has 0 aromatic heterocycles. The van der Waals surface area contributed by atoms with Gasteiger partial charge in [0.2, 0.25) is 0 Å². The van der Waals surface area contributed by atoms with Crippen molar-refractivity contribution < 1.29 is 18.7 Å². The monoisotopic (exact) mass is 343 g/mol. The molecule has 1 amide bonds. The largest absolute Gasteiger partial charge is 0.490 e. The predicted octanol–water partition coefficient (Wildman–Crippen LogP) is 4.51. The van der Waals surface area contributed by atoms with E-state index in [1.54, 1.807) is 11.0 Å². The Morgan fingerprint density at radius 3 is 2.83 bits per heavy atom. The summed E-state index contributed by atoms with van der Waals surface area (Å²) in [6, 6.07) is 4.34. The van der Waals surface area contributed by atoms with Crippen LogP contribution in [0.2, 0.25) is 5.02 Å². The fraction of sp³-hybridized carbons (Fsp3) is 0.588. The molecular weight excluding hydrogens is 321 g/mol. The smallest absolute Gasteiger partial charge is 0.410 e. The standard InChI is InChI=1S/C17H23ClFNO3/c1-17(2,3)23-16(21)20-8-4-5-12(10-20)11-22-15-7-6-13(18)9-14(15)19/h6-7,9,12H,4-5,8,10-11H2,1-3H3. The number of benzene rings is 1. The summed E-state index contributed by atoms with van der Waals surface area (Å²) in [5.74, 6) is -0.132. The summed E-state index contributed by atoms with van der Waals surface area (Å²) in [7, 11) is 0. The van der Waals surface area contributed by atoms with Crippen molar-refractivity contribution in [1.29, 1.82) is 0 Å². The van der Waals surface area contributed by atoms with Gasteiger partial charge in [0.05, 0.1) is 6.61 Å². The van der Waals surface area contributed by atoms with E-state index in [-0.39, 0.29) is 17.8 Å². The SMILES string of the molecule is CC(C)(C)OC(=O)N1CCCC(COc2ccc(Cl)cc2F)C1. The molecule has 1 aromatic carbocycles. The van der Waals surface area contributed by atoms with Crippen LogP contribution >= 0.6 is 11.6 Å². The van der Waals surface area contributed by atoms with Crippen molar-refractivity contribution in [2.24, 2.45) is 5.92 Å². The molecule has 4 nitrogen and oxygen atoms in total. The average Bonchev–Trinajstić information content (AvgIpc) is 2.45. The van der Waals surface area contributed by atoms with Gasteiger partial charge in [-0.05, 0) is 51.8 Å². The Kier molecular flexibility index (Phi) is 5.74. The van der Waals surface area contributed by atoms with Gasteiger partial charge >= 0.3 is 6.09 Å². The number of halogens is 2. The second kappa shape index (κ2) is 7.39. The highest BCUT2D eigenvalue weighted by atomic mass is 35.5. The van der Waals surface area contributed by atoms with Crippen LogP contribution in [0.1, 0.15) is 33.6 Å². The molecular formula is C17H23ClFNO3. The fourth-order valence-corrected chi connectivity index (χ4v) is 2.65. The maximum absolute atomic E-state index is 13.7. The van der Waals surface area contributed by atoms with Crippen LogP contribution in [0.5, 0.6) is 5.75 Å². The number of ether oxygens (including phenoxy) is 2. The Balaban J connectivity index is 1.87. The third-order valence-electron chi connectivity index (χ3n) is 3.54. The Labute approximate surface area is 141 Å². The number of carbonyl (C=O) groups excluding carboxylic acids is 1. The molecule has 0 N–H and O–H groups in total. The zero-order chi connectivity index (χ0) is 17.0. The molecule has 1 unspecified atom stereocenters. The molecule has 128 valence electrons. The van der Waals surface area contributed by atoms with Crippen molar-refractivity contribution >= 4 is 17.7 Å². The maximum Gasteiger partial charge on any atom is 0.410 e. The van der Waals surface area contributed by atoms with Gasteiger partial charge in [0.25, 0.3) is 0 Å². The highest BCUT2D eigenvalue weighted by Crippen LogP contribution is 2.24. The molecule has 6 heteroatoms. The van der Waals surface area contributed by atoms with Crippen LogP contribution in [0.4, 0.5) is 9.18 Å². The van der Waals surface area contributed by atoms with Gasteiger partial charge in [-0.25, -0.2) is 9.18 Å². The van der Waals surface area contributed by atoms with E-state index in [1.165, 1.54) is 12.1 Å². The van der Waals surface area contributed by atoms with Gasteiger partial charge in [0.15, 0.2) is 11.6 Å². The second-order valence-corrected chi connectivity index (χ2v) is 7.26. The van der Waals surface area contributed by atoms with E-state index >= 15 is 0 Å². The molecule has 0 spiro atoms. The number of hydrogen-bond acceptors (Lipinski definition) is 3. The van der Waals surface area contributed by atoms with Crippen molar-refractivity contribution in [1.82, 2.24) is 4.90 Å². The summed E-state index contributed by atoms with van der Waals surface area (Å²) in [6.07, 6.45) is 1.52. The fourth-order valence-electron chi connectivity index (χ4n) is 2.49. The van der Waals surface area contributed by atoms with Crippen molar-refractivity contribution in [3.63, 3.8) is 0 Å². The van der Waals surface area contributed by atoms with E-state index in [9.17, 15) is 9.18 Å². The Morgan fingerprint density at radius 2 is 2.17 bits per heavy atom. The summed E-state index contributed by atoms with van der Waals surface area (Å²) in [5, 5.41) is 0.337. The van der Waals surface area contributed by atoms with E-state index in [0.29, 0.717) is 24.7 Å². The third kappa shape index (κ3) is 5.57. The Bertz CT molecular complexity index is 559. The molecule has 1 fully saturated rings. The van der Waals surface area contributed by atoms with Gasteiger partial charge in [-0.1, -0.05) is 11.6 Å². The van der Waals surface area contributed by atoms with Crippen molar-refractivity contribution in [2.45, 2.75) is 39.2 Å². The third-order valence-corrected chi connectivity index (χ3v) is 3.77. The summed E-state index contributed by atoms with van der Waals surface area (Å²) >= 11 is 5.72. The Morgan fingerprint density at radius 1 is 1.43 bits per heavy atom. The van der Waals surface area contributed by atoms with Crippen LogP contribution in [0.25, 0.3) is 0 Å². The van der Waals surface area contributed by atoms with Crippen LogP contribution in [0.3, 0.4) is 0 Å². The Hall–Kier alpha value is -1.49. The number of likely N-dealkylation sites (tertiary alicyclic amines) is 1. The first-order valence-corrected chi connectivity index (χ1v) is 8.18. The van der Waals surface area contributed by atoms with Crippen LogP contribution in [-0.4, -0.2) is 36.3 Å². The van der Waals surface area contributed by atoms with Gasteiger partial charge in [-0.2, -0.15) is 0 Å². The van der Waals surface area contributed by atoms with Crippen molar-refractivity contribution in [3.05, 3.63) is 29.0 Å². The zero-order valence-corrected chi connectivity index (χ0v) is 14.5. The van der Waals surface area contributed by atoms with Crippen molar-refractivity contribution in [2.75, 3.05) is 19.7 Å². The first kappa shape index (κ1) is 17.9. The molecule has 0 aliphatic carbocycles. The summed E-state index contributed by atoms with van der Waals surface area (Å²) < 4.78 is 24.6. The lowest BCUT2D eigenvalue weighted by molar-refractivity contribution is 0.0138. The van der Waals surface area contributed by atoms with Crippen LogP contribution in [0.15, 0.2) is 18.2 Å². The summed E-state index contributed by atoms with van der Waals surface area (Å²) in [6.45, 7) is 7.14. The molecule has 2 rings (SSSR count). The molecule has 1 aromatic rings. The molecule has 0 bridgehead atoms. The van der Waals surface area contributed by atoms with E-state index in [2.05, 4.69) is 0 Å². The molecule has 0 radical (unpaired) electrons. The molecule has 1 heterocycles. The number of rotatable bonds is 3. The summed E-state index contributed by atoms with van der Waals surface area (Å²) in [4.78, 5) is 13.8. The van der Waals surface area contributed by atoms with Crippen LogP contribution < -0.4 is 4.74 Å². The molecule has 1 atom stereocenters. The van der Waals surface area contributed by atoms with Gasteiger partial charge < -0.3 is 14.4 Å².